The molecule has 1 aromatic rings. The average molecular weight is 332 g/mol. The lowest BCUT2D eigenvalue weighted by atomic mass is 10.2. The van der Waals surface area contributed by atoms with Gasteiger partial charge in [0.25, 0.3) is 0 Å². The summed E-state index contributed by atoms with van der Waals surface area (Å²) in [4.78, 5) is 5.90. The van der Waals surface area contributed by atoms with E-state index in [1.54, 1.807) is 13.3 Å². The maximum Gasteiger partial charge on any atom is 0.213 e. The second-order valence-corrected chi connectivity index (χ2v) is 3.22. The zero-order chi connectivity index (χ0) is 11.1. The third-order valence-electron chi connectivity index (χ3n) is 1.81. The summed E-state index contributed by atoms with van der Waals surface area (Å²) >= 11 is 0. The normalized spacial score (nSPS) is 11.1. The molecule has 0 radical (unpaired) electrons. The predicted molar refractivity (Wildman–Crippen MR) is 79.6 cm³/mol. The number of hydrazone groups is 1. The minimum atomic E-state index is 0. The molecule has 0 atom stereocenters. The number of nitrogens with zero attached hydrogens (tertiary/aromatic N) is 3. The van der Waals surface area contributed by atoms with Gasteiger partial charge in [0.05, 0.1) is 6.21 Å². The van der Waals surface area contributed by atoms with Crippen LogP contribution in [0.15, 0.2) is 40.4 Å². The first-order valence-electron chi connectivity index (χ1n) is 4.72. The summed E-state index contributed by atoms with van der Waals surface area (Å²) in [6.07, 6.45) is 1.76. The summed E-state index contributed by atoms with van der Waals surface area (Å²) in [5.74, 6) is 0.724. The molecule has 0 aliphatic heterocycles. The van der Waals surface area contributed by atoms with Crippen LogP contribution in [0.4, 0.5) is 0 Å². The molecule has 0 heterocycles. The van der Waals surface area contributed by atoms with E-state index in [0.717, 1.165) is 11.5 Å². The Balaban J connectivity index is 0.00000225. The fraction of sp³-hybridized carbons (Fsp3) is 0.273. The summed E-state index contributed by atoms with van der Waals surface area (Å²) in [7, 11) is 5.54. The lowest BCUT2D eigenvalue weighted by Gasteiger charge is -2.13. The Morgan fingerprint density at radius 2 is 1.88 bits per heavy atom. The Labute approximate surface area is 113 Å². The fourth-order valence-corrected chi connectivity index (χ4v) is 1.05. The Morgan fingerprint density at radius 3 is 2.38 bits per heavy atom. The lowest BCUT2D eigenvalue weighted by molar-refractivity contribution is 0.589. The number of halogens is 1. The smallest absolute Gasteiger partial charge is 0.213 e. The van der Waals surface area contributed by atoms with Crippen molar-refractivity contribution in [2.24, 2.45) is 10.1 Å². The highest BCUT2D eigenvalue weighted by molar-refractivity contribution is 14.0. The zero-order valence-electron chi connectivity index (χ0n) is 9.71. The molecule has 0 fully saturated rings. The molecule has 0 aromatic heterocycles. The van der Waals surface area contributed by atoms with E-state index in [-0.39, 0.29) is 24.0 Å². The van der Waals surface area contributed by atoms with Crippen molar-refractivity contribution >= 4 is 36.2 Å². The number of aliphatic imine (C=N–C) groups is 1. The van der Waals surface area contributed by atoms with Crippen molar-refractivity contribution in [2.45, 2.75) is 0 Å². The molecule has 1 rings (SSSR count). The number of nitrogens with one attached hydrogen (secondary N) is 1. The molecule has 5 heteroatoms. The molecule has 0 saturated carbocycles. The topological polar surface area (TPSA) is 40.0 Å². The van der Waals surface area contributed by atoms with E-state index < -0.39 is 0 Å². The first-order chi connectivity index (χ1) is 7.24. The zero-order valence-corrected chi connectivity index (χ0v) is 12.0. The Kier molecular flexibility index (Phi) is 7.53. The summed E-state index contributed by atoms with van der Waals surface area (Å²) in [6, 6.07) is 9.90. The molecule has 4 nitrogen and oxygen atoms in total. The van der Waals surface area contributed by atoms with Crippen LogP contribution in [0.5, 0.6) is 0 Å². The standard InChI is InChI=1S/C11H16N4.HI/c1-12-11(15(2)3)14-13-9-10-7-5-4-6-8-10;/h4-9H,1-3H3,(H,12,14);1H/b13-9+;. The summed E-state index contributed by atoms with van der Waals surface area (Å²) in [5.41, 5.74) is 3.92. The number of hydrogen-bond acceptors (Lipinski definition) is 2. The predicted octanol–water partition coefficient (Wildman–Crippen LogP) is 1.78. The van der Waals surface area contributed by atoms with E-state index in [1.165, 1.54) is 0 Å². The molecule has 0 amide bonds. The van der Waals surface area contributed by atoms with Gasteiger partial charge in [-0.15, -0.1) is 24.0 Å². The van der Waals surface area contributed by atoms with Crippen LogP contribution in [0.2, 0.25) is 0 Å². The Bertz CT molecular complexity index is 346. The van der Waals surface area contributed by atoms with E-state index >= 15 is 0 Å². The van der Waals surface area contributed by atoms with Crippen LogP contribution >= 0.6 is 24.0 Å². The summed E-state index contributed by atoms with van der Waals surface area (Å²) < 4.78 is 0. The van der Waals surface area contributed by atoms with Gasteiger partial charge in [-0.1, -0.05) is 30.3 Å². The van der Waals surface area contributed by atoms with Crippen LogP contribution in [-0.2, 0) is 0 Å². The van der Waals surface area contributed by atoms with Gasteiger partial charge < -0.3 is 4.90 Å². The van der Waals surface area contributed by atoms with Gasteiger partial charge in [-0.3, -0.25) is 4.99 Å². The number of rotatable bonds is 2. The molecule has 0 aliphatic rings. The third kappa shape index (κ3) is 5.11. The molecule has 88 valence electrons. The molecule has 1 aromatic carbocycles. The monoisotopic (exact) mass is 332 g/mol. The van der Waals surface area contributed by atoms with Crippen molar-refractivity contribution in [3.05, 3.63) is 35.9 Å². The van der Waals surface area contributed by atoms with Crippen LogP contribution in [0, 0.1) is 0 Å². The van der Waals surface area contributed by atoms with Gasteiger partial charge in [-0.2, -0.15) is 5.10 Å². The molecule has 0 bridgehead atoms. The highest BCUT2D eigenvalue weighted by Crippen LogP contribution is 1.93. The van der Waals surface area contributed by atoms with Gasteiger partial charge in [0.15, 0.2) is 0 Å². The van der Waals surface area contributed by atoms with E-state index in [1.807, 2.05) is 49.3 Å². The SMILES string of the molecule is CN=C(N/N=C/c1ccccc1)N(C)C.I. The lowest BCUT2D eigenvalue weighted by Crippen LogP contribution is -2.33. The largest absolute Gasteiger partial charge is 0.348 e. The van der Waals surface area contributed by atoms with E-state index in [0.29, 0.717) is 0 Å². The fourth-order valence-electron chi connectivity index (χ4n) is 1.05. The van der Waals surface area contributed by atoms with Gasteiger partial charge >= 0.3 is 0 Å². The van der Waals surface area contributed by atoms with Gasteiger partial charge in [-0.05, 0) is 5.56 Å². The second kappa shape index (κ2) is 8.09. The first-order valence-corrected chi connectivity index (χ1v) is 4.72. The summed E-state index contributed by atoms with van der Waals surface area (Å²) in [5, 5.41) is 4.09. The molecule has 0 spiro atoms. The quantitative estimate of drug-likeness (QED) is 0.388. The van der Waals surface area contributed by atoms with Crippen LogP contribution in [0.1, 0.15) is 5.56 Å². The van der Waals surface area contributed by atoms with Crippen molar-refractivity contribution < 1.29 is 0 Å². The molecule has 1 N–H and O–H groups in total. The first kappa shape index (κ1) is 14.9. The van der Waals surface area contributed by atoms with Gasteiger partial charge in [0.1, 0.15) is 0 Å². The number of hydrogen-bond donors (Lipinski definition) is 1. The van der Waals surface area contributed by atoms with Crippen molar-refractivity contribution in [1.82, 2.24) is 10.3 Å². The van der Waals surface area contributed by atoms with Crippen LogP contribution in [0.25, 0.3) is 0 Å². The van der Waals surface area contributed by atoms with Crippen LogP contribution < -0.4 is 5.43 Å². The number of benzene rings is 1. The molecule has 0 aliphatic carbocycles. The van der Waals surface area contributed by atoms with Gasteiger partial charge in [0.2, 0.25) is 5.96 Å². The highest BCUT2D eigenvalue weighted by atomic mass is 127. The molecular weight excluding hydrogens is 315 g/mol. The highest BCUT2D eigenvalue weighted by Gasteiger charge is 1.95. The van der Waals surface area contributed by atoms with Gasteiger partial charge in [0, 0.05) is 21.1 Å². The molecule has 0 saturated heterocycles. The van der Waals surface area contributed by atoms with Crippen molar-refractivity contribution in [3.8, 4) is 0 Å². The Morgan fingerprint density at radius 1 is 1.25 bits per heavy atom. The average Bonchev–Trinajstić information content (AvgIpc) is 2.25. The minimum absolute atomic E-state index is 0. The van der Waals surface area contributed by atoms with E-state index in [4.69, 9.17) is 0 Å². The second-order valence-electron chi connectivity index (χ2n) is 3.22. The maximum atomic E-state index is 4.09. The van der Waals surface area contributed by atoms with Gasteiger partial charge in [-0.25, -0.2) is 5.43 Å². The van der Waals surface area contributed by atoms with Crippen molar-refractivity contribution in [3.63, 3.8) is 0 Å². The summed E-state index contributed by atoms with van der Waals surface area (Å²) in [6.45, 7) is 0. The minimum Gasteiger partial charge on any atom is -0.348 e. The van der Waals surface area contributed by atoms with E-state index in [2.05, 4.69) is 15.5 Å². The number of guanidine groups is 1. The molecule has 0 unspecified atom stereocenters. The third-order valence-corrected chi connectivity index (χ3v) is 1.81. The Hall–Kier alpha value is -1.11. The van der Waals surface area contributed by atoms with Crippen molar-refractivity contribution in [1.29, 1.82) is 0 Å². The molecule has 16 heavy (non-hydrogen) atoms. The molecular formula is C11H17IN4. The van der Waals surface area contributed by atoms with Crippen LogP contribution in [0.3, 0.4) is 0 Å². The van der Waals surface area contributed by atoms with Crippen LogP contribution in [-0.4, -0.2) is 38.2 Å². The van der Waals surface area contributed by atoms with Crippen molar-refractivity contribution in [2.75, 3.05) is 21.1 Å². The van der Waals surface area contributed by atoms with E-state index in [9.17, 15) is 0 Å². The maximum absolute atomic E-state index is 4.09.